The number of carbonyl (C=O) groups is 2. The van der Waals surface area contributed by atoms with Crippen molar-refractivity contribution in [3.63, 3.8) is 0 Å². The normalized spacial score (nSPS) is 17.8. The average Bonchev–Trinajstić information content (AvgIpc) is 3.06. The molecule has 1 saturated heterocycles. The molecule has 1 aliphatic heterocycles. The number of amides is 1. The Hall–Kier alpha value is -3.12. The van der Waals surface area contributed by atoms with E-state index in [1.165, 1.54) is 0 Å². The van der Waals surface area contributed by atoms with Gasteiger partial charge in [0.25, 0.3) is 11.7 Å². The van der Waals surface area contributed by atoms with Crippen LogP contribution in [0.3, 0.4) is 0 Å². The topological polar surface area (TPSA) is 70.1 Å². The summed E-state index contributed by atoms with van der Waals surface area (Å²) >= 11 is 0. The van der Waals surface area contributed by atoms with Crippen molar-refractivity contribution in [2.24, 2.45) is 0 Å². The Balaban J connectivity index is 2.09. The van der Waals surface area contributed by atoms with E-state index in [1.54, 1.807) is 17.0 Å². The van der Waals surface area contributed by atoms with E-state index in [2.05, 4.69) is 25.7 Å². The standard InChI is InChI=1S/C30H40N2O4/c1-8-18-36-23-14-15-24(20(2)19-23)27(33)25-26(21-10-12-22(13-11-21)30(3,4)5)32(29(35)28(25)34)17-9-16-31(6)7/h10-15,19,26,33H,8-9,16-18H2,1-7H3. The molecule has 2 aromatic carbocycles. The number of rotatable bonds is 9. The van der Waals surface area contributed by atoms with Gasteiger partial charge in [-0.05, 0) is 80.7 Å². The van der Waals surface area contributed by atoms with E-state index >= 15 is 0 Å². The summed E-state index contributed by atoms with van der Waals surface area (Å²) < 4.78 is 5.71. The SMILES string of the molecule is CCCOc1ccc(C(O)=C2C(=O)C(=O)N(CCCN(C)C)C2c2ccc(C(C)(C)C)cc2)c(C)c1. The molecule has 194 valence electrons. The fourth-order valence-electron chi connectivity index (χ4n) is 4.54. The van der Waals surface area contributed by atoms with Gasteiger partial charge in [-0.15, -0.1) is 0 Å². The van der Waals surface area contributed by atoms with Gasteiger partial charge in [0, 0.05) is 12.1 Å². The number of benzene rings is 2. The van der Waals surface area contributed by atoms with Gasteiger partial charge in [0.2, 0.25) is 0 Å². The van der Waals surface area contributed by atoms with E-state index in [-0.39, 0.29) is 16.7 Å². The second kappa shape index (κ2) is 11.3. The Kier molecular flexibility index (Phi) is 8.62. The van der Waals surface area contributed by atoms with Gasteiger partial charge in [0.1, 0.15) is 11.5 Å². The molecule has 1 amide bonds. The summed E-state index contributed by atoms with van der Waals surface area (Å²) in [4.78, 5) is 30.2. The number of likely N-dealkylation sites (tertiary alicyclic amines) is 1. The summed E-state index contributed by atoms with van der Waals surface area (Å²) in [6.45, 7) is 12.2. The Morgan fingerprint density at radius 3 is 2.31 bits per heavy atom. The van der Waals surface area contributed by atoms with E-state index in [0.29, 0.717) is 24.5 Å². The minimum atomic E-state index is -0.645. The molecule has 3 rings (SSSR count). The highest BCUT2D eigenvalue weighted by Gasteiger charge is 2.46. The van der Waals surface area contributed by atoms with Crippen LogP contribution in [0.4, 0.5) is 0 Å². The molecule has 1 unspecified atom stereocenters. The minimum Gasteiger partial charge on any atom is -0.507 e. The van der Waals surface area contributed by atoms with E-state index in [1.807, 2.05) is 58.3 Å². The monoisotopic (exact) mass is 492 g/mol. The van der Waals surface area contributed by atoms with E-state index < -0.39 is 17.7 Å². The number of ether oxygens (including phenoxy) is 1. The highest BCUT2D eigenvalue weighted by molar-refractivity contribution is 6.46. The Morgan fingerprint density at radius 2 is 1.75 bits per heavy atom. The van der Waals surface area contributed by atoms with Crippen molar-refractivity contribution in [1.29, 1.82) is 0 Å². The zero-order valence-electron chi connectivity index (χ0n) is 22.7. The Morgan fingerprint density at radius 1 is 1.08 bits per heavy atom. The van der Waals surface area contributed by atoms with Crippen molar-refractivity contribution >= 4 is 17.4 Å². The average molecular weight is 493 g/mol. The summed E-state index contributed by atoms with van der Waals surface area (Å²) in [7, 11) is 3.96. The maximum absolute atomic E-state index is 13.3. The molecule has 0 bridgehead atoms. The van der Waals surface area contributed by atoms with Gasteiger partial charge in [-0.2, -0.15) is 0 Å². The Labute approximate surface area is 215 Å². The molecule has 0 spiro atoms. The quantitative estimate of drug-likeness (QED) is 0.286. The Bertz CT molecular complexity index is 1130. The van der Waals surface area contributed by atoms with Crippen molar-refractivity contribution in [2.45, 2.75) is 58.9 Å². The van der Waals surface area contributed by atoms with E-state index in [4.69, 9.17) is 4.74 Å². The third-order valence-corrected chi connectivity index (χ3v) is 6.56. The maximum atomic E-state index is 13.3. The fraction of sp³-hybridized carbons (Fsp3) is 0.467. The zero-order valence-corrected chi connectivity index (χ0v) is 22.7. The number of aliphatic hydroxyl groups excluding tert-OH is 1. The fourth-order valence-corrected chi connectivity index (χ4v) is 4.54. The van der Waals surface area contributed by atoms with Gasteiger partial charge in [-0.3, -0.25) is 9.59 Å². The van der Waals surface area contributed by atoms with Crippen LogP contribution in [0.1, 0.15) is 68.8 Å². The second-order valence-corrected chi connectivity index (χ2v) is 10.8. The molecule has 0 aromatic heterocycles. The smallest absolute Gasteiger partial charge is 0.295 e. The van der Waals surface area contributed by atoms with Gasteiger partial charge in [0.05, 0.1) is 18.2 Å². The van der Waals surface area contributed by atoms with Gasteiger partial charge < -0.3 is 19.6 Å². The van der Waals surface area contributed by atoms with Gasteiger partial charge >= 0.3 is 0 Å². The first kappa shape index (κ1) is 27.5. The zero-order chi connectivity index (χ0) is 26.6. The first-order valence-electron chi connectivity index (χ1n) is 12.7. The lowest BCUT2D eigenvalue weighted by Crippen LogP contribution is -2.32. The maximum Gasteiger partial charge on any atom is 0.295 e. The highest BCUT2D eigenvalue weighted by atomic mass is 16.5. The van der Waals surface area contributed by atoms with E-state index in [9.17, 15) is 14.7 Å². The van der Waals surface area contributed by atoms with Crippen LogP contribution in [0.5, 0.6) is 5.75 Å². The summed E-state index contributed by atoms with van der Waals surface area (Å²) in [5.41, 5.74) is 3.40. The van der Waals surface area contributed by atoms with Crippen LogP contribution in [-0.2, 0) is 15.0 Å². The molecule has 6 heteroatoms. The third-order valence-electron chi connectivity index (χ3n) is 6.56. The molecular weight excluding hydrogens is 452 g/mol. The van der Waals surface area contributed by atoms with Gasteiger partial charge in [-0.25, -0.2) is 0 Å². The van der Waals surface area contributed by atoms with Crippen LogP contribution in [0.2, 0.25) is 0 Å². The van der Waals surface area contributed by atoms with Crippen molar-refractivity contribution in [3.05, 3.63) is 70.3 Å². The molecule has 1 heterocycles. The predicted molar refractivity (Wildman–Crippen MR) is 144 cm³/mol. The largest absolute Gasteiger partial charge is 0.507 e. The number of carbonyl (C=O) groups excluding carboxylic acids is 2. The third kappa shape index (κ3) is 5.98. The molecule has 1 atom stereocenters. The molecule has 1 N–H and O–H groups in total. The van der Waals surface area contributed by atoms with Crippen molar-refractivity contribution in [2.75, 3.05) is 33.8 Å². The lowest BCUT2D eigenvalue weighted by atomic mass is 9.85. The van der Waals surface area contributed by atoms with Crippen LogP contribution in [0, 0.1) is 6.92 Å². The van der Waals surface area contributed by atoms with Crippen molar-refractivity contribution in [3.8, 4) is 5.75 Å². The van der Waals surface area contributed by atoms with E-state index in [0.717, 1.165) is 36.1 Å². The summed E-state index contributed by atoms with van der Waals surface area (Å²) in [6, 6.07) is 12.8. The number of aliphatic hydroxyl groups is 1. The number of hydrogen-bond donors (Lipinski definition) is 1. The molecule has 36 heavy (non-hydrogen) atoms. The number of aryl methyl sites for hydroxylation is 1. The van der Waals surface area contributed by atoms with Gasteiger partial charge in [0.15, 0.2) is 0 Å². The molecule has 0 saturated carbocycles. The van der Waals surface area contributed by atoms with Crippen LogP contribution in [-0.4, -0.2) is 60.4 Å². The summed E-state index contributed by atoms with van der Waals surface area (Å²) in [6.07, 6.45) is 1.62. The van der Waals surface area contributed by atoms with Gasteiger partial charge in [-0.1, -0.05) is 52.0 Å². The molecule has 0 aliphatic carbocycles. The number of Topliss-reactive ketones (excluding diaryl/α,β-unsaturated/α-hetero) is 1. The number of nitrogens with zero attached hydrogens (tertiary/aromatic N) is 2. The van der Waals surface area contributed by atoms with Crippen LogP contribution in [0.15, 0.2) is 48.0 Å². The van der Waals surface area contributed by atoms with Crippen molar-refractivity contribution in [1.82, 2.24) is 9.80 Å². The molecule has 2 aromatic rings. The van der Waals surface area contributed by atoms with Crippen LogP contribution < -0.4 is 4.74 Å². The lowest BCUT2D eigenvalue weighted by Gasteiger charge is -2.27. The van der Waals surface area contributed by atoms with Crippen LogP contribution >= 0.6 is 0 Å². The highest BCUT2D eigenvalue weighted by Crippen LogP contribution is 2.40. The van der Waals surface area contributed by atoms with Crippen LogP contribution in [0.25, 0.3) is 5.76 Å². The number of ketones is 1. The second-order valence-electron chi connectivity index (χ2n) is 10.8. The number of hydrogen-bond acceptors (Lipinski definition) is 5. The first-order chi connectivity index (χ1) is 17.0. The summed E-state index contributed by atoms with van der Waals surface area (Å²) in [5.74, 6) is -0.647. The molecule has 0 radical (unpaired) electrons. The lowest BCUT2D eigenvalue weighted by molar-refractivity contribution is -0.139. The molecule has 1 aliphatic rings. The molecular formula is C30H40N2O4. The predicted octanol–water partition coefficient (Wildman–Crippen LogP) is 5.45. The molecule has 6 nitrogen and oxygen atoms in total. The van der Waals surface area contributed by atoms with Crippen molar-refractivity contribution < 1.29 is 19.4 Å². The first-order valence-corrected chi connectivity index (χ1v) is 12.7. The minimum absolute atomic E-state index is 0.0231. The summed E-state index contributed by atoms with van der Waals surface area (Å²) in [5, 5.41) is 11.4. The molecule has 1 fully saturated rings.